The van der Waals surface area contributed by atoms with E-state index in [2.05, 4.69) is 17.0 Å². The van der Waals surface area contributed by atoms with Gasteiger partial charge in [-0.2, -0.15) is 0 Å². The molecule has 0 saturated carbocycles. The van der Waals surface area contributed by atoms with Crippen LogP contribution in [0.15, 0.2) is 53.4 Å². The van der Waals surface area contributed by atoms with Crippen molar-refractivity contribution in [2.24, 2.45) is 0 Å². The molecule has 3 rings (SSSR count). The summed E-state index contributed by atoms with van der Waals surface area (Å²) in [5.41, 5.74) is 1.14. The molecule has 1 amide bonds. The molecule has 0 aliphatic carbocycles. The summed E-state index contributed by atoms with van der Waals surface area (Å²) in [4.78, 5) is 17.1. The minimum atomic E-state index is -3.21. The van der Waals surface area contributed by atoms with Crippen LogP contribution in [0.25, 0.3) is 0 Å². The van der Waals surface area contributed by atoms with E-state index >= 15 is 0 Å². The van der Waals surface area contributed by atoms with E-state index in [-0.39, 0.29) is 10.8 Å². The monoisotopic (exact) mass is 446 g/mol. The molecule has 2 aromatic carbocycles. The highest BCUT2D eigenvalue weighted by Crippen LogP contribution is 2.21. The third kappa shape index (κ3) is 6.62. The molecule has 0 bridgehead atoms. The summed E-state index contributed by atoms with van der Waals surface area (Å²) in [5.74, 6) is 1.58. The van der Waals surface area contributed by atoms with Gasteiger partial charge in [-0.25, -0.2) is 8.42 Å². The highest BCUT2D eigenvalue weighted by molar-refractivity contribution is 7.90. The number of ether oxygens (including phenoxy) is 2. The van der Waals surface area contributed by atoms with E-state index in [4.69, 9.17) is 9.47 Å². The number of anilines is 1. The largest absolute Gasteiger partial charge is 0.497 e. The van der Waals surface area contributed by atoms with Gasteiger partial charge in [0.05, 0.1) is 18.6 Å². The van der Waals surface area contributed by atoms with E-state index in [9.17, 15) is 13.2 Å². The van der Waals surface area contributed by atoms with Crippen molar-refractivity contribution in [1.82, 2.24) is 4.90 Å². The second-order valence-electron chi connectivity index (χ2n) is 7.61. The zero-order chi connectivity index (χ0) is 22.3. The molecule has 0 spiro atoms. The molecule has 1 fully saturated rings. The highest BCUT2D eigenvalue weighted by Gasteiger charge is 2.19. The smallest absolute Gasteiger partial charge is 0.222 e. The van der Waals surface area contributed by atoms with Crippen LogP contribution in [-0.4, -0.2) is 65.4 Å². The topological polar surface area (TPSA) is 76.2 Å². The molecular formula is C23H30N2O5S. The van der Waals surface area contributed by atoms with E-state index < -0.39 is 9.84 Å². The molecule has 8 heteroatoms. The summed E-state index contributed by atoms with van der Waals surface area (Å²) in [6.45, 7) is 3.61. The Morgan fingerprint density at radius 1 is 0.935 bits per heavy atom. The fourth-order valence-corrected chi connectivity index (χ4v) is 4.20. The van der Waals surface area contributed by atoms with Crippen molar-refractivity contribution in [2.75, 3.05) is 51.1 Å². The van der Waals surface area contributed by atoms with Crippen molar-refractivity contribution in [2.45, 2.75) is 24.2 Å². The molecule has 0 aromatic heterocycles. The van der Waals surface area contributed by atoms with Crippen molar-refractivity contribution < 1.29 is 22.7 Å². The van der Waals surface area contributed by atoms with Crippen molar-refractivity contribution in [3.63, 3.8) is 0 Å². The molecule has 1 aliphatic heterocycles. The molecule has 168 valence electrons. The summed E-state index contributed by atoms with van der Waals surface area (Å²) in [5, 5.41) is 0. The number of benzene rings is 2. The van der Waals surface area contributed by atoms with Crippen LogP contribution in [0.2, 0.25) is 0 Å². The fraction of sp³-hybridized carbons (Fsp3) is 0.435. The van der Waals surface area contributed by atoms with Crippen molar-refractivity contribution in [3.05, 3.63) is 48.5 Å². The normalized spacial score (nSPS) is 14.8. The van der Waals surface area contributed by atoms with Gasteiger partial charge in [-0.1, -0.05) is 0 Å². The van der Waals surface area contributed by atoms with Gasteiger partial charge >= 0.3 is 0 Å². The highest BCUT2D eigenvalue weighted by atomic mass is 32.2. The van der Waals surface area contributed by atoms with Crippen LogP contribution in [0.3, 0.4) is 0 Å². The van der Waals surface area contributed by atoms with Crippen LogP contribution >= 0.6 is 0 Å². The quantitative estimate of drug-likeness (QED) is 0.581. The van der Waals surface area contributed by atoms with Crippen LogP contribution in [0.5, 0.6) is 11.5 Å². The summed E-state index contributed by atoms with van der Waals surface area (Å²) in [7, 11) is -1.55. The third-order valence-corrected chi connectivity index (χ3v) is 6.47. The van der Waals surface area contributed by atoms with E-state index in [1.807, 2.05) is 17.0 Å². The minimum Gasteiger partial charge on any atom is -0.497 e. The maximum Gasteiger partial charge on any atom is 0.222 e. The number of nitrogens with zero attached hydrogens (tertiary/aromatic N) is 2. The lowest BCUT2D eigenvalue weighted by Crippen LogP contribution is -2.35. The molecule has 0 atom stereocenters. The second kappa shape index (κ2) is 10.5. The van der Waals surface area contributed by atoms with Gasteiger partial charge in [0.15, 0.2) is 9.84 Å². The molecular weight excluding hydrogens is 416 g/mol. The molecule has 31 heavy (non-hydrogen) atoms. The summed E-state index contributed by atoms with van der Waals surface area (Å²) in [6, 6.07) is 14.4. The maximum absolute atomic E-state index is 12.6. The van der Waals surface area contributed by atoms with Gasteiger partial charge in [0.25, 0.3) is 0 Å². The first kappa shape index (κ1) is 22.9. The van der Waals surface area contributed by atoms with Gasteiger partial charge in [-0.3, -0.25) is 4.79 Å². The number of amides is 1. The first-order valence-electron chi connectivity index (χ1n) is 10.5. The summed E-state index contributed by atoms with van der Waals surface area (Å²) >= 11 is 0. The molecule has 1 aliphatic rings. The van der Waals surface area contributed by atoms with Gasteiger partial charge in [-0.05, 0) is 61.4 Å². The van der Waals surface area contributed by atoms with E-state index in [0.717, 1.165) is 37.5 Å². The van der Waals surface area contributed by atoms with Gasteiger partial charge in [0, 0.05) is 44.5 Å². The third-order valence-electron chi connectivity index (χ3n) is 5.34. The number of methoxy groups -OCH3 is 1. The molecule has 1 saturated heterocycles. The number of rotatable bonds is 8. The second-order valence-corrected chi connectivity index (χ2v) is 9.63. The Balaban J connectivity index is 1.41. The Bertz CT molecular complexity index is 958. The van der Waals surface area contributed by atoms with Crippen LogP contribution in [0, 0.1) is 0 Å². The van der Waals surface area contributed by atoms with Gasteiger partial charge in [-0.15, -0.1) is 0 Å². The van der Waals surface area contributed by atoms with Gasteiger partial charge < -0.3 is 19.3 Å². The van der Waals surface area contributed by atoms with Crippen LogP contribution in [-0.2, 0) is 14.6 Å². The predicted molar refractivity (Wildman–Crippen MR) is 121 cm³/mol. The standard InChI is InChI=1S/C23H30N2O5S/c1-29-20-8-6-19(7-9-20)24-14-4-15-25(17-16-24)23(26)5-3-18-30-21-10-12-22(13-11-21)31(2,27)28/h6-13H,3-5,14-18H2,1-2H3. The summed E-state index contributed by atoms with van der Waals surface area (Å²) in [6.07, 6.45) is 3.16. The average Bonchev–Trinajstić information content (AvgIpc) is 3.03. The van der Waals surface area contributed by atoms with Crippen LogP contribution in [0.1, 0.15) is 19.3 Å². The number of hydrogen-bond acceptors (Lipinski definition) is 6. The van der Waals surface area contributed by atoms with Crippen LogP contribution in [0.4, 0.5) is 5.69 Å². The zero-order valence-corrected chi connectivity index (χ0v) is 18.9. The Labute approximate surface area is 184 Å². The first-order valence-corrected chi connectivity index (χ1v) is 12.4. The van der Waals surface area contributed by atoms with E-state index in [1.165, 1.54) is 18.4 Å². The predicted octanol–water partition coefficient (Wildman–Crippen LogP) is 3.00. The summed E-state index contributed by atoms with van der Waals surface area (Å²) < 4.78 is 33.8. The Morgan fingerprint density at radius 3 is 2.26 bits per heavy atom. The van der Waals surface area contributed by atoms with E-state index in [1.54, 1.807) is 19.2 Å². The Kier molecular flexibility index (Phi) is 7.79. The van der Waals surface area contributed by atoms with Gasteiger partial charge in [0.1, 0.15) is 11.5 Å². The lowest BCUT2D eigenvalue weighted by molar-refractivity contribution is -0.131. The zero-order valence-electron chi connectivity index (χ0n) is 18.1. The van der Waals surface area contributed by atoms with E-state index in [0.29, 0.717) is 31.7 Å². The lowest BCUT2D eigenvalue weighted by Gasteiger charge is -2.24. The SMILES string of the molecule is COc1ccc(N2CCCN(C(=O)CCCOc3ccc(S(C)(=O)=O)cc3)CC2)cc1. The number of carbonyl (C=O) groups excluding carboxylic acids is 1. The molecule has 0 unspecified atom stereocenters. The maximum atomic E-state index is 12.6. The van der Waals surface area contributed by atoms with Crippen molar-refractivity contribution >= 4 is 21.4 Å². The molecule has 1 heterocycles. The fourth-order valence-electron chi connectivity index (χ4n) is 3.57. The minimum absolute atomic E-state index is 0.146. The molecule has 0 radical (unpaired) electrons. The number of hydrogen-bond donors (Lipinski definition) is 0. The first-order chi connectivity index (χ1) is 14.9. The molecule has 0 N–H and O–H groups in total. The number of carbonyl (C=O) groups is 1. The molecule has 7 nitrogen and oxygen atoms in total. The lowest BCUT2D eigenvalue weighted by atomic mass is 10.2. The Hall–Kier alpha value is -2.74. The Morgan fingerprint density at radius 2 is 1.61 bits per heavy atom. The van der Waals surface area contributed by atoms with Crippen LogP contribution < -0.4 is 14.4 Å². The molecule has 2 aromatic rings. The van der Waals surface area contributed by atoms with Crippen molar-refractivity contribution in [1.29, 1.82) is 0 Å². The average molecular weight is 447 g/mol. The van der Waals surface area contributed by atoms with Gasteiger partial charge in [0.2, 0.25) is 5.91 Å². The van der Waals surface area contributed by atoms with Crippen molar-refractivity contribution in [3.8, 4) is 11.5 Å². The number of sulfone groups is 1.